The zero-order valence-electron chi connectivity index (χ0n) is 15.8. The first-order valence-electron chi connectivity index (χ1n) is 8.77. The highest BCUT2D eigenvalue weighted by Crippen LogP contribution is 2.17. The summed E-state index contributed by atoms with van der Waals surface area (Å²) in [6.07, 6.45) is -2.34. The quantitative estimate of drug-likeness (QED) is 0.236. The Morgan fingerprint density at radius 2 is 1.83 bits per heavy atom. The molecule has 0 saturated carbocycles. The average Bonchev–Trinajstić information content (AvgIpc) is 2.66. The lowest BCUT2D eigenvalue weighted by Crippen LogP contribution is -2.38. The summed E-state index contributed by atoms with van der Waals surface area (Å²) >= 11 is 0. The summed E-state index contributed by atoms with van der Waals surface area (Å²) in [5.41, 5.74) is 1.66. The third kappa shape index (κ3) is 10.3. The fraction of sp³-hybridized carbons (Fsp3) is 0.368. The van der Waals surface area contributed by atoms with Crippen LogP contribution in [0.2, 0.25) is 0 Å². The van der Waals surface area contributed by atoms with Crippen LogP contribution in [0, 0.1) is 5.82 Å². The van der Waals surface area contributed by atoms with E-state index in [4.69, 9.17) is 0 Å². The Balaban J connectivity index is 0.00000420. The Morgan fingerprint density at radius 1 is 1.10 bits per heavy atom. The van der Waals surface area contributed by atoms with Gasteiger partial charge in [0.25, 0.3) is 0 Å². The first kappa shape index (κ1) is 24.9. The number of rotatable bonds is 8. The van der Waals surface area contributed by atoms with E-state index in [9.17, 15) is 17.6 Å². The zero-order valence-corrected chi connectivity index (χ0v) is 18.1. The minimum atomic E-state index is -4.41. The molecular weight excluding hydrogens is 503 g/mol. The van der Waals surface area contributed by atoms with Crippen LogP contribution in [0.3, 0.4) is 0 Å². The molecular formula is C19H23F4IN4O. The summed E-state index contributed by atoms with van der Waals surface area (Å²) in [5.74, 6) is 0.195. The van der Waals surface area contributed by atoms with E-state index in [1.807, 2.05) is 6.92 Å². The van der Waals surface area contributed by atoms with Crippen LogP contribution in [-0.2, 0) is 13.0 Å². The third-order valence-corrected chi connectivity index (χ3v) is 3.57. The third-order valence-electron chi connectivity index (χ3n) is 3.57. The fourth-order valence-electron chi connectivity index (χ4n) is 2.27. The Hall–Kier alpha value is -2.11. The van der Waals surface area contributed by atoms with Gasteiger partial charge in [-0.05, 0) is 42.7 Å². The molecule has 0 amide bonds. The SMILES string of the molecule is CCNC(=NCc1ccnc(OCC(F)(F)F)c1)NCCc1ccc(F)cc1.I. The largest absolute Gasteiger partial charge is 0.468 e. The molecule has 5 nitrogen and oxygen atoms in total. The Labute approximate surface area is 184 Å². The molecule has 160 valence electrons. The van der Waals surface area contributed by atoms with Crippen LogP contribution in [-0.4, -0.2) is 36.8 Å². The number of guanidine groups is 1. The Bertz CT molecular complexity index is 770. The summed E-state index contributed by atoms with van der Waals surface area (Å²) in [5, 5.41) is 6.25. The molecule has 0 fully saturated rings. The Kier molecular flexibility index (Phi) is 10.7. The van der Waals surface area contributed by atoms with E-state index in [-0.39, 0.29) is 42.2 Å². The van der Waals surface area contributed by atoms with Crippen molar-refractivity contribution in [2.45, 2.75) is 26.1 Å². The van der Waals surface area contributed by atoms with E-state index >= 15 is 0 Å². The number of hydrogen-bond donors (Lipinski definition) is 2. The lowest BCUT2D eigenvalue weighted by atomic mass is 10.1. The molecule has 2 aromatic rings. The van der Waals surface area contributed by atoms with Gasteiger partial charge in [-0.15, -0.1) is 24.0 Å². The zero-order chi connectivity index (χ0) is 20.4. The molecule has 1 aromatic heterocycles. The molecule has 0 atom stereocenters. The normalized spacial score (nSPS) is 11.6. The highest BCUT2D eigenvalue weighted by molar-refractivity contribution is 14.0. The van der Waals surface area contributed by atoms with Gasteiger partial charge >= 0.3 is 6.18 Å². The number of ether oxygens (including phenoxy) is 1. The van der Waals surface area contributed by atoms with Gasteiger partial charge in [-0.3, -0.25) is 0 Å². The van der Waals surface area contributed by atoms with Crippen molar-refractivity contribution in [1.82, 2.24) is 15.6 Å². The van der Waals surface area contributed by atoms with Crippen LogP contribution in [0.4, 0.5) is 17.6 Å². The molecule has 10 heteroatoms. The molecule has 1 aromatic carbocycles. The lowest BCUT2D eigenvalue weighted by molar-refractivity contribution is -0.154. The van der Waals surface area contributed by atoms with Gasteiger partial charge in [0, 0.05) is 25.4 Å². The second-order valence-electron chi connectivity index (χ2n) is 5.90. The second kappa shape index (κ2) is 12.5. The highest BCUT2D eigenvalue weighted by atomic mass is 127. The summed E-state index contributed by atoms with van der Waals surface area (Å²) in [6, 6.07) is 9.36. The molecule has 0 spiro atoms. The molecule has 0 aliphatic heterocycles. The van der Waals surface area contributed by atoms with E-state index in [0.717, 1.165) is 5.56 Å². The molecule has 0 saturated heterocycles. The van der Waals surface area contributed by atoms with Gasteiger partial charge in [0.2, 0.25) is 5.88 Å². The predicted molar refractivity (Wildman–Crippen MR) is 114 cm³/mol. The van der Waals surface area contributed by atoms with Crippen molar-refractivity contribution in [3.05, 3.63) is 59.5 Å². The van der Waals surface area contributed by atoms with Crippen molar-refractivity contribution in [1.29, 1.82) is 0 Å². The molecule has 29 heavy (non-hydrogen) atoms. The fourth-order valence-corrected chi connectivity index (χ4v) is 2.27. The summed E-state index contributed by atoms with van der Waals surface area (Å²) in [4.78, 5) is 8.17. The first-order chi connectivity index (χ1) is 13.4. The highest BCUT2D eigenvalue weighted by Gasteiger charge is 2.28. The van der Waals surface area contributed by atoms with Crippen molar-refractivity contribution in [2.75, 3.05) is 19.7 Å². The number of aliphatic imine (C=N–C) groups is 1. The van der Waals surface area contributed by atoms with E-state index in [1.165, 1.54) is 24.4 Å². The maximum Gasteiger partial charge on any atom is 0.422 e. The molecule has 2 N–H and O–H groups in total. The number of halogens is 5. The monoisotopic (exact) mass is 526 g/mol. The second-order valence-corrected chi connectivity index (χ2v) is 5.90. The average molecular weight is 526 g/mol. The molecule has 2 rings (SSSR count). The van der Waals surface area contributed by atoms with Crippen molar-refractivity contribution in [2.24, 2.45) is 4.99 Å². The van der Waals surface area contributed by atoms with Crippen LogP contribution >= 0.6 is 24.0 Å². The van der Waals surface area contributed by atoms with Crippen LogP contribution < -0.4 is 15.4 Å². The van der Waals surface area contributed by atoms with Crippen molar-refractivity contribution >= 4 is 29.9 Å². The van der Waals surface area contributed by atoms with Gasteiger partial charge in [0.05, 0.1) is 6.54 Å². The maximum absolute atomic E-state index is 12.9. The van der Waals surface area contributed by atoms with Gasteiger partial charge < -0.3 is 15.4 Å². The Morgan fingerprint density at radius 3 is 2.48 bits per heavy atom. The van der Waals surface area contributed by atoms with Crippen LogP contribution in [0.5, 0.6) is 5.88 Å². The minimum Gasteiger partial charge on any atom is -0.468 e. The van der Waals surface area contributed by atoms with Crippen LogP contribution in [0.15, 0.2) is 47.6 Å². The van der Waals surface area contributed by atoms with Crippen molar-refractivity contribution in [3.63, 3.8) is 0 Å². The number of alkyl halides is 3. The lowest BCUT2D eigenvalue weighted by Gasteiger charge is -2.12. The molecule has 0 unspecified atom stereocenters. The van der Waals surface area contributed by atoms with E-state index < -0.39 is 12.8 Å². The van der Waals surface area contributed by atoms with E-state index in [0.29, 0.717) is 31.0 Å². The number of nitrogens with zero attached hydrogens (tertiary/aromatic N) is 2. The molecule has 0 radical (unpaired) electrons. The first-order valence-corrected chi connectivity index (χ1v) is 8.77. The summed E-state index contributed by atoms with van der Waals surface area (Å²) in [7, 11) is 0. The van der Waals surface area contributed by atoms with Gasteiger partial charge in [0.15, 0.2) is 12.6 Å². The molecule has 0 aliphatic rings. The number of aromatic nitrogens is 1. The van der Waals surface area contributed by atoms with Crippen molar-refractivity contribution in [3.8, 4) is 5.88 Å². The van der Waals surface area contributed by atoms with E-state index in [1.54, 1.807) is 18.2 Å². The van der Waals surface area contributed by atoms with Crippen LogP contribution in [0.1, 0.15) is 18.1 Å². The number of hydrogen-bond acceptors (Lipinski definition) is 3. The maximum atomic E-state index is 12.9. The summed E-state index contributed by atoms with van der Waals surface area (Å²) < 4.78 is 54.3. The number of nitrogens with one attached hydrogen (secondary N) is 2. The number of benzene rings is 1. The minimum absolute atomic E-state index is 0. The van der Waals surface area contributed by atoms with E-state index in [2.05, 4.69) is 25.3 Å². The smallest absolute Gasteiger partial charge is 0.422 e. The van der Waals surface area contributed by atoms with Crippen LogP contribution in [0.25, 0.3) is 0 Å². The molecule has 0 aliphatic carbocycles. The predicted octanol–water partition coefficient (Wildman–Crippen LogP) is 4.08. The van der Waals surface area contributed by atoms with Crippen molar-refractivity contribution < 1.29 is 22.3 Å². The van der Waals surface area contributed by atoms with Gasteiger partial charge in [-0.25, -0.2) is 14.4 Å². The standard InChI is InChI=1S/C19H22F4N4O.HI/c1-2-24-18(26-10-7-14-3-5-16(20)6-4-14)27-12-15-8-9-25-17(11-15)28-13-19(21,22)23;/h3-6,8-9,11H,2,7,10,12-13H2,1H3,(H2,24,26,27);1H. The molecule has 0 bridgehead atoms. The molecule has 1 heterocycles. The topological polar surface area (TPSA) is 58.5 Å². The number of pyridine rings is 1. The van der Waals surface area contributed by atoms with Gasteiger partial charge in [0.1, 0.15) is 5.82 Å². The summed E-state index contributed by atoms with van der Waals surface area (Å²) in [6.45, 7) is 2.02. The van der Waals surface area contributed by atoms with Gasteiger partial charge in [-0.1, -0.05) is 12.1 Å². The van der Waals surface area contributed by atoms with Gasteiger partial charge in [-0.2, -0.15) is 13.2 Å².